The van der Waals surface area contributed by atoms with Gasteiger partial charge in [-0.05, 0) is 35.8 Å². The van der Waals surface area contributed by atoms with Crippen molar-refractivity contribution in [3.05, 3.63) is 33.8 Å². The summed E-state index contributed by atoms with van der Waals surface area (Å²) < 4.78 is 7.89. The molecule has 98 valence electrons. The number of aryl methyl sites for hydroxylation is 2. The molecule has 7 heteroatoms. The maximum Gasteiger partial charge on any atom is 0.202 e. The van der Waals surface area contributed by atoms with Gasteiger partial charge in [-0.2, -0.15) is 0 Å². The fourth-order valence-electron chi connectivity index (χ4n) is 2.05. The largest absolute Gasteiger partial charge is 0.369 e. The van der Waals surface area contributed by atoms with Crippen LogP contribution in [-0.2, 0) is 6.54 Å². The van der Waals surface area contributed by atoms with Gasteiger partial charge in [-0.15, -0.1) is 0 Å². The number of imidazole rings is 1. The maximum absolute atomic E-state index is 5.97. The van der Waals surface area contributed by atoms with Gasteiger partial charge in [-0.3, -0.25) is 4.57 Å². The van der Waals surface area contributed by atoms with Crippen molar-refractivity contribution in [2.45, 2.75) is 20.4 Å². The molecule has 2 N–H and O–H groups in total. The van der Waals surface area contributed by atoms with E-state index in [9.17, 15) is 0 Å². The van der Waals surface area contributed by atoms with Gasteiger partial charge in [-0.25, -0.2) is 9.97 Å². The van der Waals surface area contributed by atoms with Gasteiger partial charge in [0.2, 0.25) is 5.95 Å². The second-order valence-corrected chi connectivity index (χ2v) is 5.27. The maximum atomic E-state index is 5.97. The fraction of sp³-hybridized carbons (Fsp3) is 0.250. The van der Waals surface area contributed by atoms with E-state index in [1.54, 1.807) is 6.20 Å². The van der Waals surface area contributed by atoms with E-state index in [-0.39, 0.29) is 0 Å². The first-order valence-corrected chi connectivity index (χ1v) is 6.54. The van der Waals surface area contributed by atoms with E-state index in [0.29, 0.717) is 12.5 Å². The number of hydrogen-bond donors (Lipinski definition) is 1. The molecule has 0 saturated carbocycles. The Balaban J connectivity index is 2.13. The number of fused-ring (bicyclic) bond motifs is 1. The Hall–Kier alpha value is -1.89. The van der Waals surface area contributed by atoms with E-state index in [4.69, 9.17) is 10.3 Å². The molecular weight excluding hydrogens is 310 g/mol. The highest BCUT2D eigenvalue weighted by molar-refractivity contribution is 9.10. The zero-order chi connectivity index (χ0) is 13.6. The number of nitrogens with zero attached hydrogens (tertiary/aromatic N) is 4. The summed E-state index contributed by atoms with van der Waals surface area (Å²) in [6.45, 7) is 4.35. The third-order valence-corrected chi connectivity index (χ3v) is 3.51. The molecule has 0 unspecified atom stereocenters. The number of rotatable bonds is 2. The van der Waals surface area contributed by atoms with Crippen molar-refractivity contribution < 1.29 is 4.52 Å². The van der Waals surface area contributed by atoms with E-state index in [1.165, 1.54) is 0 Å². The molecule has 0 aliphatic heterocycles. The summed E-state index contributed by atoms with van der Waals surface area (Å²) in [5, 5.41) is 3.94. The molecule has 0 radical (unpaired) electrons. The number of anilines is 1. The van der Waals surface area contributed by atoms with Crippen molar-refractivity contribution in [2.24, 2.45) is 0 Å². The number of aromatic nitrogens is 4. The van der Waals surface area contributed by atoms with Crippen molar-refractivity contribution >= 4 is 33.0 Å². The zero-order valence-corrected chi connectivity index (χ0v) is 12.1. The molecule has 3 aromatic heterocycles. The zero-order valence-electron chi connectivity index (χ0n) is 10.5. The van der Waals surface area contributed by atoms with Gasteiger partial charge >= 0.3 is 0 Å². The first kappa shape index (κ1) is 12.2. The first-order chi connectivity index (χ1) is 9.06. The van der Waals surface area contributed by atoms with Crippen molar-refractivity contribution in [1.29, 1.82) is 0 Å². The van der Waals surface area contributed by atoms with Gasteiger partial charge in [0, 0.05) is 16.2 Å². The molecule has 0 fully saturated rings. The molecule has 0 aromatic carbocycles. The topological polar surface area (TPSA) is 82.8 Å². The molecule has 0 saturated heterocycles. The van der Waals surface area contributed by atoms with Gasteiger partial charge in [-0.1, -0.05) is 5.16 Å². The van der Waals surface area contributed by atoms with Crippen LogP contribution in [-0.4, -0.2) is 19.7 Å². The van der Waals surface area contributed by atoms with Gasteiger partial charge < -0.3 is 10.3 Å². The average Bonchev–Trinajstić information content (AvgIpc) is 2.83. The van der Waals surface area contributed by atoms with Crippen LogP contribution < -0.4 is 5.73 Å². The Morgan fingerprint density at radius 1 is 1.42 bits per heavy atom. The highest BCUT2D eigenvalue weighted by Gasteiger charge is 2.15. The Labute approximate surface area is 117 Å². The van der Waals surface area contributed by atoms with Crippen LogP contribution in [0.5, 0.6) is 0 Å². The quantitative estimate of drug-likeness (QED) is 0.783. The minimum absolute atomic E-state index is 0.431. The fourth-order valence-corrected chi connectivity index (χ4v) is 2.36. The smallest absolute Gasteiger partial charge is 0.202 e. The molecule has 0 amide bonds. The summed E-state index contributed by atoms with van der Waals surface area (Å²) in [6, 6.07) is 1.89. The lowest BCUT2D eigenvalue weighted by Gasteiger charge is -2.05. The summed E-state index contributed by atoms with van der Waals surface area (Å²) >= 11 is 3.37. The monoisotopic (exact) mass is 321 g/mol. The second-order valence-electron chi connectivity index (χ2n) is 4.36. The average molecular weight is 322 g/mol. The van der Waals surface area contributed by atoms with Crippen molar-refractivity contribution in [1.82, 2.24) is 19.7 Å². The summed E-state index contributed by atoms with van der Waals surface area (Å²) in [5.74, 6) is 1.22. The van der Waals surface area contributed by atoms with Crippen LogP contribution in [0.2, 0.25) is 0 Å². The summed E-state index contributed by atoms with van der Waals surface area (Å²) in [5.41, 5.74) is 9.35. The van der Waals surface area contributed by atoms with E-state index < -0.39 is 0 Å². The number of pyridine rings is 1. The predicted octanol–water partition coefficient (Wildman–Crippen LogP) is 2.43. The third-order valence-electron chi connectivity index (χ3n) is 3.08. The van der Waals surface area contributed by atoms with Crippen LogP contribution in [0.1, 0.15) is 17.0 Å². The lowest BCUT2D eigenvalue weighted by Crippen LogP contribution is -2.06. The van der Waals surface area contributed by atoms with Gasteiger partial charge in [0.1, 0.15) is 11.3 Å². The number of nitrogen functional groups attached to an aromatic ring is 1. The van der Waals surface area contributed by atoms with Crippen LogP contribution in [0, 0.1) is 13.8 Å². The number of halogens is 1. The van der Waals surface area contributed by atoms with E-state index in [2.05, 4.69) is 31.1 Å². The molecule has 0 atom stereocenters. The van der Waals surface area contributed by atoms with Crippen LogP contribution in [0.25, 0.3) is 11.2 Å². The number of hydrogen-bond acceptors (Lipinski definition) is 5. The Bertz CT molecular complexity index is 741. The minimum atomic E-state index is 0.431. The van der Waals surface area contributed by atoms with Gasteiger partial charge in [0.25, 0.3) is 0 Å². The van der Waals surface area contributed by atoms with E-state index in [1.807, 2.05) is 24.5 Å². The van der Waals surface area contributed by atoms with Gasteiger partial charge in [0.15, 0.2) is 5.65 Å². The molecular formula is C12H12BrN5O. The molecule has 0 bridgehead atoms. The second kappa shape index (κ2) is 4.34. The summed E-state index contributed by atoms with van der Waals surface area (Å²) in [6.07, 6.45) is 1.73. The van der Waals surface area contributed by atoms with Crippen LogP contribution in [0.15, 0.2) is 21.3 Å². The highest BCUT2D eigenvalue weighted by Crippen LogP contribution is 2.22. The Morgan fingerprint density at radius 3 is 2.89 bits per heavy atom. The molecule has 0 aliphatic carbocycles. The lowest BCUT2D eigenvalue weighted by molar-refractivity contribution is 0.392. The predicted molar refractivity (Wildman–Crippen MR) is 74.7 cm³/mol. The summed E-state index contributed by atoms with van der Waals surface area (Å²) in [4.78, 5) is 8.67. The lowest BCUT2D eigenvalue weighted by atomic mass is 10.2. The van der Waals surface area contributed by atoms with E-state index >= 15 is 0 Å². The Kier molecular flexibility index (Phi) is 2.78. The molecule has 0 aliphatic rings. The molecule has 0 spiro atoms. The van der Waals surface area contributed by atoms with Crippen molar-refractivity contribution in [3.63, 3.8) is 0 Å². The molecule has 19 heavy (non-hydrogen) atoms. The first-order valence-electron chi connectivity index (χ1n) is 5.75. The van der Waals surface area contributed by atoms with Crippen LogP contribution in [0.3, 0.4) is 0 Å². The third kappa shape index (κ3) is 1.99. The highest BCUT2D eigenvalue weighted by atomic mass is 79.9. The summed E-state index contributed by atoms with van der Waals surface area (Å²) in [7, 11) is 0. The minimum Gasteiger partial charge on any atom is -0.369 e. The van der Waals surface area contributed by atoms with Crippen LogP contribution >= 0.6 is 15.9 Å². The molecule has 6 nitrogen and oxygen atoms in total. The standard InChI is InChI=1S/C12H12BrN5O/c1-6-9(7(2)19-17-6)5-18-11-10(16-12(18)14)3-8(13)4-15-11/h3-4H,5H2,1-2H3,(H2,14,16). The molecule has 3 heterocycles. The van der Waals surface area contributed by atoms with Gasteiger partial charge in [0.05, 0.1) is 12.2 Å². The molecule has 3 aromatic rings. The number of nitrogens with two attached hydrogens (primary N) is 1. The van der Waals surface area contributed by atoms with Crippen molar-refractivity contribution in [2.75, 3.05) is 5.73 Å². The van der Waals surface area contributed by atoms with E-state index in [0.717, 1.165) is 32.7 Å². The van der Waals surface area contributed by atoms with Crippen molar-refractivity contribution in [3.8, 4) is 0 Å². The Morgan fingerprint density at radius 2 is 2.21 bits per heavy atom. The molecule has 3 rings (SSSR count). The van der Waals surface area contributed by atoms with Crippen LogP contribution in [0.4, 0.5) is 5.95 Å². The SMILES string of the molecule is Cc1noc(C)c1Cn1c(N)nc2cc(Br)cnc21. The normalized spacial score (nSPS) is 11.3.